The minimum atomic E-state index is 0.421. The van der Waals surface area contributed by atoms with E-state index in [1.54, 1.807) is 25.3 Å². The molecule has 0 bridgehead atoms. The first kappa shape index (κ1) is 13.6. The number of carbonyl (C=O) groups is 1. The largest absolute Gasteiger partial charge is 0.457 e. The van der Waals surface area contributed by atoms with E-state index < -0.39 is 0 Å². The van der Waals surface area contributed by atoms with Crippen molar-refractivity contribution >= 4 is 17.9 Å². The Morgan fingerprint density at radius 2 is 2.05 bits per heavy atom. The summed E-state index contributed by atoms with van der Waals surface area (Å²) in [7, 11) is 1.64. The molecule has 0 fully saturated rings. The lowest BCUT2D eigenvalue weighted by molar-refractivity contribution is 0.112. The van der Waals surface area contributed by atoms with Crippen molar-refractivity contribution in [2.75, 3.05) is 7.11 Å². The number of benzene rings is 2. The van der Waals surface area contributed by atoms with Crippen molar-refractivity contribution in [2.45, 2.75) is 6.61 Å². The van der Waals surface area contributed by atoms with Gasteiger partial charge in [0.2, 0.25) is 0 Å². The molecule has 0 saturated carbocycles. The molecule has 3 nitrogen and oxygen atoms in total. The zero-order valence-electron chi connectivity index (χ0n) is 10.4. The first-order valence-electron chi connectivity index (χ1n) is 5.73. The fraction of sp³-hybridized carbons (Fsp3) is 0.133. The van der Waals surface area contributed by atoms with Gasteiger partial charge in [0.05, 0.1) is 12.2 Å². The van der Waals surface area contributed by atoms with Crippen molar-refractivity contribution in [3.63, 3.8) is 0 Å². The molecule has 0 unspecified atom stereocenters. The second kappa shape index (κ2) is 6.36. The van der Waals surface area contributed by atoms with Crippen molar-refractivity contribution in [2.24, 2.45) is 0 Å². The highest BCUT2D eigenvalue weighted by Gasteiger charge is 2.05. The molecule has 0 saturated heterocycles. The second-order valence-electron chi connectivity index (χ2n) is 3.98. The van der Waals surface area contributed by atoms with Gasteiger partial charge < -0.3 is 9.47 Å². The van der Waals surface area contributed by atoms with Crippen molar-refractivity contribution in [3.05, 3.63) is 58.6 Å². The summed E-state index contributed by atoms with van der Waals surface area (Å²) in [6, 6.07) is 12.4. The van der Waals surface area contributed by atoms with E-state index in [0.29, 0.717) is 28.7 Å². The fourth-order valence-corrected chi connectivity index (χ4v) is 1.88. The maximum absolute atomic E-state index is 11.0. The van der Waals surface area contributed by atoms with Crippen molar-refractivity contribution in [3.8, 4) is 11.5 Å². The number of rotatable bonds is 5. The fourth-order valence-electron chi connectivity index (χ4n) is 1.70. The van der Waals surface area contributed by atoms with Crippen molar-refractivity contribution in [1.29, 1.82) is 0 Å². The number of carbonyl (C=O) groups excluding carboxylic acids is 1. The van der Waals surface area contributed by atoms with Crippen LogP contribution in [0.5, 0.6) is 11.5 Å². The summed E-state index contributed by atoms with van der Waals surface area (Å²) in [4.78, 5) is 11.0. The van der Waals surface area contributed by atoms with Gasteiger partial charge in [-0.25, -0.2) is 0 Å². The minimum absolute atomic E-state index is 0.421. The molecule has 0 aliphatic carbocycles. The Bertz CT molecular complexity index is 581. The smallest absolute Gasteiger partial charge is 0.153 e. The van der Waals surface area contributed by atoms with Crippen LogP contribution in [-0.4, -0.2) is 13.4 Å². The lowest BCUT2D eigenvalue weighted by Crippen LogP contribution is -1.92. The van der Waals surface area contributed by atoms with Gasteiger partial charge in [-0.3, -0.25) is 4.79 Å². The van der Waals surface area contributed by atoms with Crippen LogP contribution in [0.3, 0.4) is 0 Å². The molecule has 2 aromatic carbocycles. The average molecular weight is 277 g/mol. The summed E-state index contributed by atoms with van der Waals surface area (Å²) in [6.45, 7) is 0.512. The molecule has 4 heteroatoms. The summed E-state index contributed by atoms with van der Waals surface area (Å²) < 4.78 is 10.8. The van der Waals surface area contributed by atoms with E-state index in [9.17, 15) is 4.79 Å². The molecule has 0 aromatic heterocycles. The standard InChI is InChI=1S/C15H13ClO3/c1-18-10-11-3-2-4-14(7-11)19-15-6-5-13(16)8-12(15)9-17/h2-9H,10H2,1H3. The van der Waals surface area contributed by atoms with E-state index in [4.69, 9.17) is 21.1 Å². The molecule has 0 aliphatic rings. The normalized spacial score (nSPS) is 10.2. The Morgan fingerprint density at radius 3 is 2.79 bits per heavy atom. The van der Waals surface area contributed by atoms with Gasteiger partial charge in [0.15, 0.2) is 6.29 Å². The van der Waals surface area contributed by atoms with Crippen molar-refractivity contribution in [1.82, 2.24) is 0 Å². The van der Waals surface area contributed by atoms with Gasteiger partial charge >= 0.3 is 0 Å². The van der Waals surface area contributed by atoms with Gasteiger partial charge in [0.1, 0.15) is 11.5 Å². The van der Waals surface area contributed by atoms with E-state index in [2.05, 4.69) is 0 Å². The quantitative estimate of drug-likeness (QED) is 0.772. The van der Waals surface area contributed by atoms with Crippen LogP contribution in [0.1, 0.15) is 15.9 Å². The Morgan fingerprint density at radius 1 is 1.21 bits per heavy atom. The summed E-state index contributed by atoms with van der Waals surface area (Å²) in [5, 5.41) is 0.502. The van der Waals surface area contributed by atoms with Crippen LogP contribution in [-0.2, 0) is 11.3 Å². The van der Waals surface area contributed by atoms with Gasteiger partial charge in [0.25, 0.3) is 0 Å². The predicted molar refractivity (Wildman–Crippen MR) is 74.1 cm³/mol. The maximum Gasteiger partial charge on any atom is 0.153 e. The molecule has 0 N–H and O–H groups in total. The molecule has 19 heavy (non-hydrogen) atoms. The van der Waals surface area contributed by atoms with Crippen LogP contribution in [0.25, 0.3) is 0 Å². The molecular weight excluding hydrogens is 264 g/mol. The lowest BCUT2D eigenvalue weighted by atomic mass is 10.2. The van der Waals surface area contributed by atoms with Crippen LogP contribution in [0.4, 0.5) is 0 Å². The topological polar surface area (TPSA) is 35.5 Å². The molecule has 0 atom stereocenters. The molecule has 0 radical (unpaired) electrons. The molecule has 0 spiro atoms. The van der Waals surface area contributed by atoms with Crippen molar-refractivity contribution < 1.29 is 14.3 Å². The van der Waals surface area contributed by atoms with Gasteiger partial charge in [-0.2, -0.15) is 0 Å². The third-order valence-corrected chi connectivity index (χ3v) is 2.77. The van der Waals surface area contributed by atoms with E-state index in [1.807, 2.05) is 24.3 Å². The number of hydrogen-bond acceptors (Lipinski definition) is 3. The van der Waals surface area contributed by atoms with Crippen LogP contribution in [0.2, 0.25) is 5.02 Å². The molecule has 0 aliphatic heterocycles. The minimum Gasteiger partial charge on any atom is -0.457 e. The molecule has 98 valence electrons. The van der Waals surface area contributed by atoms with Gasteiger partial charge in [0, 0.05) is 12.1 Å². The molecule has 2 aromatic rings. The van der Waals surface area contributed by atoms with E-state index in [1.165, 1.54) is 0 Å². The Balaban J connectivity index is 2.25. The van der Waals surface area contributed by atoms with Crippen LogP contribution in [0.15, 0.2) is 42.5 Å². The lowest BCUT2D eigenvalue weighted by Gasteiger charge is -2.09. The summed E-state index contributed by atoms with van der Waals surface area (Å²) in [5.74, 6) is 1.13. The first-order chi connectivity index (χ1) is 9.22. The molecule has 0 amide bonds. The van der Waals surface area contributed by atoms with Crippen LogP contribution in [0, 0.1) is 0 Å². The SMILES string of the molecule is COCc1cccc(Oc2ccc(Cl)cc2C=O)c1. The van der Waals surface area contributed by atoms with Gasteiger partial charge in [-0.1, -0.05) is 23.7 Å². The highest BCUT2D eigenvalue weighted by molar-refractivity contribution is 6.30. The Hall–Kier alpha value is -1.84. The number of halogens is 1. The summed E-state index contributed by atoms with van der Waals surface area (Å²) in [5.41, 5.74) is 1.42. The average Bonchev–Trinajstić information content (AvgIpc) is 2.41. The Kier molecular flexibility index (Phi) is 4.55. The monoisotopic (exact) mass is 276 g/mol. The van der Waals surface area contributed by atoms with Crippen LogP contribution >= 0.6 is 11.6 Å². The molecule has 0 heterocycles. The van der Waals surface area contributed by atoms with E-state index in [-0.39, 0.29) is 0 Å². The highest BCUT2D eigenvalue weighted by Crippen LogP contribution is 2.27. The van der Waals surface area contributed by atoms with E-state index >= 15 is 0 Å². The number of methoxy groups -OCH3 is 1. The third kappa shape index (κ3) is 3.56. The van der Waals surface area contributed by atoms with Gasteiger partial charge in [-0.15, -0.1) is 0 Å². The maximum atomic E-state index is 11.0. The number of aldehydes is 1. The Labute approximate surface area is 116 Å². The van der Waals surface area contributed by atoms with Gasteiger partial charge in [-0.05, 0) is 35.9 Å². The molecular formula is C15H13ClO3. The predicted octanol–water partition coefficient (Wildman–Crippen LogP) is 4.09. The molecule has 2 rings (SSSR count). The number of ether oxygens (including phenoxy) is 2. The second-order valence-corrected chi connectivity index (χ2v) is 4.42. The summed E-state index contributed by atoms with van der Waals surface area (Å²) >= 11 is 5.83. The first-order valence-corrected chi connectivity index (χ1v) is 6.11. The van der Waals surface area contributed by atoms with Crippen LogP contribution < -0.4 is 4.74 Å². The zero-order valence-corrected chi connectivity index (χ0v) is 11.2. The van der Waals surface area contributed by atoms with E-state index in [0.717, 1.165) is 11.8 Å². The highest BCUT2D eigenvalue weighted by atomic mass is 35.5. The summed E-state index contributed by atoms with van der Waals surface area (Å²) in [6.07, 6.45) is 0.722. The third-order valence-electron chi connectivity index (χ3n) is 2.54. The number of hydrogen-bond donors (Lipinski definition) is 0. The zero-order chi connectivity index (χ0) is 13.7.